The molecule has 1 saturated carbocycles. The summed E-state index contributed by atoms with van der Waals surface area (Å²) in [7, 11) is 4.30. The van der Waals surface area contributed by atoms with E-state index in [-0.39, 0.29) is 0 Å². The quantitative estimate of drug-likeness (QED) is 0.864. The van der Waals surface area contributed by atoms with E-state index >= 15 is 0 Å². The molecule has 0 aliphatic heterocycles. The van der Waals surface area contributed by atoms with Crippen molar-refractivity contribution in [1.29, 1.82) is 0 Å². The summed E-state index contributed by atoms with van der Waals surface area (Å²) in [6.07, 6.45) is 5.80. The van der Waals surface area contributed by atoms with Crippen LogP contribution in [0.15, 0.2) is 60.2 Å². The molecule has 0 radical (unpaired) electrons. The largest absolute Gasteiger partial charge is 0.508 e. The van der Waals surface area contributed by atoms with Crippen LogP contribution >= 0.6 is 0 Å². The molecule has 1 aliphatic rings. The van der Waals surface area contributed by atoms with Crippen LogP contribution in [-0.2, 0) is 0 Å². The van der Waals surface area contributed by atoms with Crippen LogP contribution in [0.1, 0.15) is 36.3 Å². The number of phenolic OH excluding ortho intramolecular Hbond substituents is 1. The van der Waals surface area contributed by atoms with Crippen molar-refractivity contribution in [2.75, 3.05) is 20.6 Å². The van der Waals surface area contributed by atoms with Crippen molar-refractivity contribution in [3.63, 3.8) is 0 Å². The highest BCUT2D eigenvalue weighted by atomic mass is 16.3. The summed E-state index contributed by atoms with van der Waals surface area (Å²) in [5.41, 5.74) is 4.07. The van der Waals surface area contributed by atoms with E-state index in [0.717, 1.165) is 13.0 Å². The summed E-state index contributed by atoms with van der Waals surface area (Å²) >= 11 is 0. The Hall–Kier alpha value is -2.06. The van der Waals surface area contributed by atoms with Crippen LogP contribution in [0.2, 0.25) is 0 Å². The van der Waals surface area contributed by atoms with Crippen molar-refractivity contribution in [2.45, 2.75) is 25.2 Å². The molecule has 1 N–H and O–H groups in total. The zero-order valence-electron chi connectivity index (χ0n) is 14.7. The van der Waals surface area contributed by atoms with E-state index in [1.54, 1.807) is 6.07 Å². The number of hydrogen-bond acceptors (Lipinski definition) is 2. The Balaban J connectivity index is 1.86. The van der Waals surface area contributed by atoms with Gasteiger partial charge in [-0.15, -0.1) is 0 Å². The second-order valence-electron chi connectivity index (χ2n) is 7.18. The molecule has 2 aromatic rings. The molecule has 24 heavy (non-hydrogen) atoms. The first-order valence-electron chi connectivity index (χ1n) is 8.80. The number of hydrogen-bond donors (Lipinski definition) is 1. The maximum absolute atomic E-state index is 9.89. The molecule has 2 atom stereocenters. The van der Waals surface area contributed by atoms with Crippen molar-refractivity contribution >= 4 is 6.08 Å². The molecule has 0 saturated heterocycles. The lowest BCUT2D eigenvalue weighted by molar-refractivity contribution is 0.256. The van der Waals surface area contributed by atoms with Gasteiger partial charge >= 0.3 is 0 Å². The predicted molar refractivity (Wildman–Crippen MR) is 101 cm³/mol. The summed E-state index contributed by atoms with van der Waals surface area (Å²) < 4.78 is 0. The monoisotopic (exact) mass is 321 g/mol. The van der Waals surface area contributed by atoms with E-state index in [1.807, 2.05) is 12.1 Å². The Kier molecular flexibility index (Phi) is 5.37. The highest BCUT2D eigenvalue weighted by molar-refractivity contribution is 5.53. The van der Waals surface area contributed by atoms with E-state index in [9.17, 15) is 5.11 Å². The minimum atomic E-state index is 0.371. The molecule has 3 rings (SSSR count). The van der Waals surface area contributed by atoms with Crippen molar-refractivity contribution in [2.24, 2.45) is 5.92 Å². The average Bonchev–Trinajstić information content (AvgIpc) is 2.57. The SMILES string of the molecule is CN(C)C[C@@H]1CC/C(=C\c2ccccc2)C[C@H]1c1cccc(O)c1. The van der Waals surface area contributed by atoms with Gasteiger partial charge in [0.05, 0.1) is 0 Å². The number of phenols is 1. The molecule has 1 fully saturated rings. The first-order valence-corrected chi connectivity index (χ1v) is 8.80. The molecule has 2 heteroatoms. The normalized spacial score (nSPS) is 22.9. The molecule has 0 unspecified atom stereocenters. The maximum Gasteiger partial charge on any atom is 0.115 e. The van der Waals surface area contributed by atoms with E-state index in [0.29, 0.717) is 17.6 Å². The second-order valence-corrected chi connectivity index (χ2v) is 7.18. The van der Waals surface area contributed by atoms with Crippen LogP contribution in [-0.4, -0.2) is 30.6 Å². The summed E-state index contributed by atoms with van der Waals surface area (Å²) in [5, 5.41) is 9.89. The third-order valence-corrected chi connectivity index (χ3v) is 4.96. The predicted octanol–water partition coefficient (Wildman–Crippen LogP) is 4.92. The van der Waals surface area contributed by atoms with Gasteiger partial charge in [0.15, 0.2) is 0 Å². The van der Waals surface area contributed by atoms with Gasteiger partial charge in [0.2, 0.25) is 0 Å². The highest BCUT2D eigenvalue weighted by Gasteiger charge is 2.29. The van der Waals surface area contributed by atoms with Gasteiger partial charge in [-0.25, -0.2) is 0 Å². The zero-order chi connectivity index (χ0) is 16.9. The zero-order valence-corrected chi connectivity index (χ0v) is 14.7. The van der Waals surface area contributed by atoms with Crippen molar-refractivity contribution < 1.29 is 5.11 Å². The van der Waals surface area contributed by atoms with Crippen molar-refractivity contribution in [3.8, 4) is 5.75 Å². The van der Waals surface area contributed by atoms with Gasteiger partial charge in [-0.05, 0) is 68.5 Å². The highest BCUT2D eigenvalue weighted by Crippen LogP contribution is 2.41. The third-order valence-electron chi connectivity index (χ3n) is 4.96. The van der Waals surface area contributed by atoms with Gasteiger partial charge in [0, 0.05) is 6.54 Å². The Labute approximate surface area is 145 Å². The van der Waals surface area contributed by atoms with Gasteiger partial charge < -0.3 is 10.0 Å². The van der Waals surface area contributed by atoms with Gasteiger partial charge in [0.1, 0.15) is 5.75 Å². The number of nitrogens with zero attached hydrogens (tertiary/aromatic N) is 1. The first kappa shape index (κ1) is 16.8. The van der Waals surface area contributed by atoms with Crippen molar-refractivity contribution in [3.05, 3.63) is 71.3 Å². The molecule has 2 aromatic carbocycles. The minimum absolute atomic E-state index is 0.371. The molecule has 0 amide bonds. The number of rotatable bonds is 4. The van der Waals surface area contributed by atoms with Crippen LogP contribution in [0, 0.1) is 5.92 Å². The summed E-state index contributed by atoms with van der Waals surface area (Å²) in [4.78, 5) is 2.28. The second kappa shape index (κ2) is 7.67. The smallest absolute Gasteiger partial charge is 0.115 e. The number of aromatic hydroxyl groups is 1. The molecule has 126 valence electrons. The minimum Gasteiger partial charge on any atom is -0.508 e. The van der Waals surface area contributed by atoms with Crippen LogP contribution in [0.5, 0.6) is 5.75 Å². The lowest BCUT2D eigenvalue weighted by atomic mass is 9.73. The third kappa shape index (κ3) is 4.27. The molecule has 0 heterocycles. The van der Waals surface area contributed by atoms with E-state index < -0.39 is 0 Å². The van der Waals surface area contributed by atoms with Gasteiger partial charge in [0.25, 0.3) is 0 Å². The summed E-state index contributed by atoms with van der Waals surface area (Å²) in [6, 6.07) is 18.4. The molecular weight excluding hydrogens is 294 g/mol. The van der Waals surface area contributed by atoms with Gasteiger partial charge in [-0.2, -0.15) is 0 Å². The van der Waals surface area contributed by atoms with Crippen LogP contribution in [0.25, 0.3) is 6.08 Å². The topological polar surface area (TPSA) is 23.5 Å². The van der Waals surface area contributed by atoms with E-state index in [1.165, 1.54) is 29.5 Å². The molecular formula is C22H27NO. The summed E-state index contributed by atoms with van der Waals surface area (Å²) in [6.45, 7) is 1.10. The van der Waals surface area contributed by atoms with Gasteiger partial charge in [-0.1, -0.05) is 54.1 Å². The van der Waals surface area contributed by atoms with Crippen LogP contribution < -0.4 is 0 Å². The fraction of sp³-hybridized carbons (Fsp3) is 0.364. The number of allylic oxidation sites excluding steroid dienone is 1. The Morgan fingerprint density at radius 1 is 1.08 bits per heavy atom. The number of benzene rings is 2. The summed E-state index contributed by atoms with van der Waals surface area (Å²) in [5.74, 6) is 1.48. The Morgan fingerprint density at radius 2 is 1.88 bits per heavy atom. The Morgan fingerprint density at radius 3 is 2.58 bits per heavy atom. The maximum atomic E-state index is 9.89. The van der Waals surface area contributed by atoms with Crippen LogP contribution in [0.3, 0.4) is 0 Å². The lowest BCUT2D eigenvalue weighted by Crippen LogP contribution is -2.29. The fourth-order valence-corrected chi connectivity index (χ4v) is 3.87. The first-order chi connectivity index (χ1) is 11.6. The van der Waals surface area contributed by atoms with Crippen molar-refractivity contribution in [1.82, 2.24) is 4.90 Å². The molecule has 1 aliphatic carbocycles. The van der Waals surface area contributed by atoms with Gasteiger partial charge in [-0.3, -0.25) is 0 Å². The van der Waals surface area contributed by atoms with Crippen LogP contribution in [0.4, 0.5) is 0 Å². The molecule has 0 aromatic heterocycles. The van der Waals surface area contributed by atoms with E-state index in [2.05, 4.69) is 61.5 Å². The average molecular weight is 321 g/mol. The Bertz CT molecular complexity index is 690. The fourth-order valence-electron chi connectivity index (χ4n) is 3.87. The lowest BCUT2D eigenvalue weighted by Gasteiger charge is -2.35. The van der Waals surface area contributed by atoms with E-state index in [4.69, 9.17) is 0 Å². The molecule has 0 bridgehead atoms. The molecule has 0 spiro atoms. The molecule has 2 nitrogen and oxygen atoms in total. The standard InChI is InChI=1S/C22H27NO/c1-23(2)16-20-12-11-18(13-17-7-4-3-5-8-17)14-22(20)19-9-6-10-21(24)15-19/h3-10,13,15,20,22,24H,11-12,14,16H2,1-2H3/b18-13+/t20-,22-/m0/s1.